The van der Waals surface area contributed by atoms with Gasteiger partial charge in [-0.25, -0.2) is 4.79 Å². The standard InChI is InChI=1S/C22H24N2O6/c1-4-30-22(27)14-5-7-16(8-6-14)23-21(26)15-11-20(25)24(13-15)18-10-9-17(28-2)12-19(18)29-3/h5-10,12,15H,4,11,13H2,1-3H3,(H,23,26)/t15-/m0/s1. The SMILES string of the molecule is CCOC(=O)c1ccc(NC(=O)[C@H]2CC(=O)N(c3ccc(OC)cc3OC)C2)cc1. The second-order valence-electron chi connectivity index (χ2n) is 6.73. The van der Waals surface area contributed by atoms with Gasteiger partial charge in [0.05, 0.1) is 38.0 Å². The Hall–Kier alpha value is -3.55. The molecule has 1 heterocycles. The lowest BCUT2D eigenvalue weighted by molar-refractivity contribution is -0.122. The highest BCUT2D eigenvalue weighted by atomic mass is 16.5. The average molecular weight is 412 g/mol. The summed E-state index contributed by atoms with van der Waals surface area (Å²) < 4.78 is 15.5. The van der Waals surface area contributed by atoms with E-state index in [0.717, 1.165) is 0 Å². The van der Waals surface area contributed by atoms with Crippen molar-refractivity contribution in [1.82, 2.24) is 0 Å². The molecule has 0 saturated carbocycles. The van der Waals surface area contributed by atoms with E-state index in [4.69, 9.17) is 14.2 Å². The third kappa shape index (κ3) is 4.53. The fraction of sp³-hybridized carbons (Fsp3) is 0.318. The Bertz CT molecular complexity index is 941. The molecule has 30 heavy (non-hydrogen) atoms. The van der Waals surface area contributed by atoms with Crippen LogP contribution in [0.5, 0.6) is 11.5 Å². The third-order valence-corrected chi connectivity index (χ3v) is 4.84. The van der Waals surface area contributed by atoms with Gasteiger partial charge < -0.3 is 24.4 Å². The van der Waals surface area contributed by atoms with Gasteiger partial charge in [0.25, 0.3) is 0 Å². The summed E-state index contributed by atoms with van der Waals surface area (Å²) in [5.74, 6) is -0.227. The number of rotatable bonds is 7. The minimum absolute atomic E-state index is 0.0991. The molecular weight excluding hydrogens is 388 g/mol. The summed E-state index contributed by atoms with van der Waals surface area (Å²) in [6, 6.07) is 11.6. The van der Waals surface area contributed by atoms with E-state index in [2.05, 4.69) is 5.32 Å². The van der Waals surface area contributed by atoms with Crippen molar-refractivity contribution < 1.29 is 28.6 Å². The molecular formula is C22H24N2O6. The molecule has 0 aliphatic carbocycles. The number of nitrogens with one attached hydrogen (secondary N) is 1. The van der Waals surface area contributed by atoms with Crippen LogP contribution in [0.4, 0.5) is 11.4 Å². The van der Waals surface area contributed by atoms with Crippen LogP contribution in [-0.2, 0) is 14.3 Å². The summed E-state index contributed by atoms with van der Waals surface area (Å²) in [6.07, 6.45) is 0.0991. The van der Waals surface area contributed by atoms with Gasteiger partial charge in [-0.2, -0.15) is 0 Å². The van der Waals surface area contributed by atoms with Crippen LogP contribution in [0.15, 0.2) is 42.5 Å². The number of anilines is 2. The predicted octanol–water partition coefficient (Wildman–Crippen LogP) is 2.87. The molecule has 1 aliphatic heterocycles. The number of benzene rings is 2. The fourth-order valence-corrected chi connectivity index (χ4v) is 3.27. The van der Waals surface area contributed by atoms with Crippen molar-refractivity contribution >= 4 is 29.2 Å². The summed E-state index contributed by atoms with van der Waals surface area (Å²) in [7, 11) is 3.07. The Morgan fingerprint density at radius 2 is 1.83 bits per heavy atom. The third-order valence-electron chi connectivity index (χ3n) is 4.84. The first-order valence-corrected chi connectivity index (χ1v) is 9.57. The number of esters is 1. The first kappa shape index (κ1) is 21.2. The topological polar surface area (TPSA) is 94.2 Å². The van der Waals surface area contributed by atoms with Gasteiger partial charge in [-0.15, -0.1) is 0 Å². The average Bonchev–Trinajstić information content (AvgIpc) is 3.15. The predicted molar refractivity (Wildman–Crippen MR) is 111 cm³/mol. The zero-order valence-corrected chi connectivity index (χ0v) is 17.1. The van der Waals surface area contributed by atoms with E-state index in [1.54, 1.807) is 61.4 Å². The van der Waals surface area contributed by atoms with Gasteiger partial charge in [0.2, 0.25) is 11.8 Å². The Morgan fingerprint density at radius 1 is 1.10 bits per heavy atom. The van der Waals surface area contributed by atoms with Crippen LogP contribution in [0, 0.1) is 5.92 Å². The van der Waals surface area contributed by atoms with Gasteiger partial charge in [-0.3, -0.25) is 9.59 Å². The highest BCUT2D eigenvalue weighted by Crippen LogP contribution is 2.36. The monoisotopic (exact) mass is 412 g/mol. The zero-order chi connectivity index (χ0) is 21.7. The molecule has 2 aromatic carbocycles. The summed E-state index contributed by atoms with van der Waals surface area (Å²) in [6.45, 7) is 2.27. The van der Waals surface area contributed by atoms with Crippen LogP contribution in [0.2, 0.25) is 0 Å². The molecule has 0 bridgehead atoms. The summed E-state index contributed by atoms with van der Waals surface area (Å²) >= 11 is 0. The van der Waals surface area contributed by atoms with Gasteiger partial charge in [-0.1, -0.05) is 0 Å². The Balaban J connectivity index is 1.67. The Morgan fingerprint density at radius 3 is 2.47 bits per heavy atom. The van der Waals surface area contributed by atoms with Gasteiger partial charge in [0.1, 0.15) is 11.5 Å². The summed E-state index contributed by atoms with van der Waals surface area (Å²) in [5.41, 5.74) is 1.54. The molecule has 0 spiro atoms. The molecule has 158 valence electrons. The van der Waals surface area contributed by atoms with Crippen LogP contribution in [0.25, 0.3) is 0 Å². The van der Waals surface area contributed by atoms with Crippen LogP contribution in [0.3, 0.4) is 0 Å². The minimum atomic E-state index is -0.506. The number of methoxy groups -OCH3 is 2. The Labute approximate surface area is 174 Å². The molecule has 1 fully saturated rings. The van der Waals surface area contributed by atoms with Gasteiger partial charge in [0.15, 0.2) is 0 Å². The van der Waals surface area contributed by atoms with Crippen molar-refractivity contribution in [3.63, 3.8) is 0 Å². The number of carbonyl (C=O) groups excluding carboxylic acids is 3. The van der Waals surface area contributed by atoms with Crippen LogP contribution < -0.4 is 19.7 Å². The molecule has 0 aromatic heterocycles. The van der Waals surface area contributed by atoms with Gasteiger partial charge in [-0.05, 0) is 43.3 Å². The van der Waals surface area contributed by atoms with E-state index in [1.807, 2.05) is 0 Å². The first-order chi connectivity index (χ1) is 14.5. The van der Waals surface area contributed by atoms with E-state index in [9.17, 15) is 14.4 Å². The van der Waals surface area contributed by atoms with Crippen molar-refractivity contribution in [2.75, 3.05) is 37.6 Å². The lowest BCUT2D eigenvalue weighted by Crippen LogP contribution is -2.28. The van der Waals surface area contributed by atoms with E-state index in [-0.39, 0.29) is 24.8 Å². The number of hydrogen-bond acceptors (Lipinski definition) is 6. The second kappa shape index (κ2) is 9.30. The van der Waals surface area contributed by atoms with Crippen LogP contribution in [-0.4, -0.2) is 45.2 Å². The maximum Gasteiger partial charge on any atom is 0.338 e. The maximum atomic E-state index is 12.7. The number of carbonyl (C=O) groups is 3. The van der Waals surface area contributed by atoms with Crippen molar-refractivity contribution in [2.24, 2.45) is 5.92 Å². The highest BCUT2D eigenvalue weighted by Gasteiger charge is 2.36. The van der Waals surface area contributed by atoms with Gasteiger partial charge >= 0.3 is 5.97 Å². The molecule has 3 rings (SSSR count). The molecule has 2 aromatic rings. The number of ether oxygens (including phenoxy) is 3. The summed E-state index contributed by atoms with van der Waals surface area (Å²) in [4.78, 5) is 38.5. The summed E-state index contributed by atoms with van der Waals surface area (Å²) in [5, 5.41) is 2.80. The smallest absolute Gasteiger partial charge is 0.338 e. The Kier molecular flexibility index (Phi) is 6.56. The highest BCUT2D eigenvalue weighted by molar-refractivity contribution is 6.04. The van der Waals surface area contributed by atoms with E-state index in [0.29, 0.717) is 35.0 Å². The minimum Gasteiger partial charge on any atom is -0.497 e. The number of amides is 2. The van der Waals surface area contributed by atoms with Crippen molar-refractivity contribution in [3.8, 4) is 11.5 Å². The van der Waals surface area contributed by atoms with E-state index in [1.165, 1.54) is 7.11 Å². The molecule has 0 unspecified atom stereocenters. The molecule has 8 heteroatoms. The fourth-order valence-electron chi connectivity index (χ4n) is 3.27. The van der Waals surface area contributed by atoms with Crippen LogP contribution >= 0.6 is 0 Å². The molecule has 0 radical (unpaired) electrons. The van der Waals surface area contributed by atoms with E-state index >= 15 is 0 Å². The number of nitrogens with zero attached hydrogens (tertiary/aromatic N) is 1. The van der Waals surface area contributed by atoms with Crippen LogP contribution in [0.1, 0.15) is 23.7 Å². The second-order valence-corrected chi connectivity index (χ2v) is 6.73. The van der Waals surface area contributed by atoms with E-state index < -0.39 is 11.9 Å². The van der Waals surface area contributed by atoms with Crippen molar-refractivity contribution in [1.29, 1.82) is 0 Å². The molecule has 2 amide bonds. The zero-order valence-electron chi connectivity index (χ0n) is 17.1. The normalized spacial score (nSPS) is 15.6. The molecule has 1 N–H and O–H groups in total. The van der Waals surface area contributed by atoms with Crippen molar-refractivity contribution in [2.45, 2.75) is 13.3 Å². The lowest BCUT2D eigenvalue weighted by Gasteiger charge is -2.20. The molecule has 8 nitrogen and oxygen atoms in total. The lowest BCUT2D eigenvalue weighted by atomic mass is 10.1. The largest absolute Gasteiger partial charge is 0.497 e. The maximum absolute atomic E-state index is 12.7. The first-order valence-electron chi connectivity index (χ1n) is 9.57. The molecule has 1 aliphatic rings. The molecule has 1 saturated heterocycles. The van der Waals surface area contributed by atoms with Crippen molar-refractivity contribution in [3.05, 3.63) is 48.0 Å². The quantitative estimate of drug-likeness (QED) is 0.703. The number of hydrogen-bond donors (Lipinski definition) is 1. The molecule has 1 atom stereocenters. The van der Waals surface area contributed by atoms with Gasteiger partial charge in [0, 0.05) is 24.7 Å².